The quantitative estimate of drug-likeness (QED) is 0.236. The Morgan fingerprint density at radius 1 is 0.951 bits per heavy atom. The summed E-state index contributed by atoms with van der Waals surface area (Å²) in [5.41, 5.74) is 3.85. The third-order valence-electron chi connectivity index (χ3n) is 7.44. The Hall–Kier alpha value is -4.66. The van der Waals surface area contributed by atoms with Gasteiger partial charge in [-0.1, -0.05) is 6.07 Å². The minimum atomic E-state index is -0.708. The minimum absolute atomic E-state index is 0.0221. The van der Waals surface area contributed by atoms with Crippen molar-refractivity contribution in [2.45, 2.75) is 31.7 Å². The highest BCUT2D eigenvalue weighted by atomic mass is 19.1. The molecule has 208 valence electrons. The first kappa shape index (κ1) is 26.6. The number of rotatable bonds is 8. The molecule has 41 heavy (non-hydrogen) atoms. The average Bonchev–Trinajstić information content (AvgIpc) is 3.63. The molecule has 0 spiro atoms. The zero-order chi connectivity index (χ0) is 28.3. The van der Waals surface area contributed by atoms with Crippen molar-refractivity contribution in [1.82, 2.24) is 20.3 Å². The van der Waals surface area contributed by atoms with Crippen molar-refractivity contribution in [3.8, 4) is 11.1 Å². The smallest absolute Gasteiger partial charge is 0.225 e. The predicted molar refractivity (Wildman–Crippen MR) is 152 cm³/mol. The number of amides is 1. The topological polar surface area (TPSA) is 73.9 Å². The van der Waals surface area contributed by atoms with Crippen LogP contribution in [-0.4, -0.2) is 33.9 Å². The van der Waals surface area contributed by atoms with Gasteiger partial charge >= 0.3 is 0 Å². The molecule has 0 saturated carbocycles. The average molecular weight is 556 g/mol. The summed E-state index contributed by atoms with van der Waals surface area (Å²) >= 11 is 0. The fraction of sp³-hybridized carbons (Fsp3) is 0.219. The molecule has 0 bridgehead atoms. The van der Waals surface area contributed by atoms with Crippen molar-refractivity contribution in [3.05, 3.63) is 114 Å². The van der Waals surface area contributed by atoms with Crippen molar-refractivity contribution in [2.24, 2.45) is 0 Å². The molecule has 0 radical (unpaired) electrons. The number of aromatic amines is 1. The maximum absolute atomic E-state index is 14.1. The monoisotopic (exact) mass is 555 g/mol. The lowest BCUT2D eigenvalue weighted by molar-refractivity contribution is -0.121. The van der Waals surface area contributed by atoms with Gasteiger partial charge in [0.05, 0.1) is 18.2 Å². The van der Waals surface area contributed by atoms with Crippen LogP contribution in [0.15, 0.2) is 79.3 Å². The highest BCUT2D eigenvalue weighted by Gasteiger charge is 2.23. The summed E-state index contributed by atoms with van der Waals surface area (Å²) in [4.78, 5) is 28.0. The van der Waals surface area contributed by atoms with Crippen LogP contribution in [0.1, 0.15) is 35.7 Å². The first-order valence-electron chi connectivity index (χ1n) is 13.6. The Balaban J connectivity index is 1.32. The Labute approximate surface area is 235 Å². The van der Waals surface area contributed by atoms with E-state index in [0.717, 1.165) is 54.5 Å². The van der Waals surface area contributed by atoms with E-state index in [1.54, 1.807) is 30.7 Å². The van der Waals surface area contributed by atoms with Gasteiger partial charge in [-0.2, -0.15) is 0 Å². The molecule has 1 atom stereocenters. The van der Waals surface area contributed by atoms with Gasteiger partial charge in [0.1, 0.15) is 23.3 Å². The number of hydrogen-bond acceptors (Lipinski definition) is 4. The number of benzene rings is 2. The molecule has 3 aromatic heterocycles. The molecule has 2 aromatic carbocycles. The number of nitrogens with one attached hydrogen (secondary N) is 2. The summed E-state index contributed by atoms with van der Waals surface area (Å²) in [5, 5.41) is 3.64. The van der Waals surface area contributed by atoms with E-state index >= 15 is 0 Å². The normalized spacial score (nSPS) is 14.0. The molecule has 6 nitrogen and oxygen atoms in total. The second-order valence-corrected chi connectivity index (χ2v) is 10.3. The van der Waals surface area contributed by atoms with Gasteiger partial charge in [0.25, 0.3) is 0 Å². The molecule has 0 unspecified atom stereocenters. The van der Waals surface area contributed by atoms with Crippen molar-refractivity contribution >= 4 is 22.6 Å². The highest BCUT2D eigenvalue weighted by Crippen LogP contribution is 2.30. The van der Waals surface area contributed by atoms with E-state index in [2.05, 4.69) is 25.2 Å². The van der Waals surface area contributed by atoms with Gasteiger partial charge in [-0.15, -0.1) is 0 Å². The predicted octanol–water partition coefficient (Wildman–Crippen LogP) is 6.29. The third kappa shape index (κ3) is 5.94. The van der Waals surface area contributed by atoms with Crippen LogP contribution in [0.25, 0.3) is 22.0 Å². The number of H-pyrrole nitrogens is 1. The van der Waals surface area contributed by atoms with Gasteiger partial charge in [-0.05, 0) is 78.9 Å². The van der Waals surface area contributed by atoms with Crippen LogP contribution in [0.2, 0.25) is 0 Å². The fourth-order valence-electron chi connectivity index (χ4n) is 5.51. The van der Waals surface area contributed by atoms with Crippen LogP contribution < -0.4 is 10.2 Å². The summed E-state index contributed by atoms with van der Waals surface area (Å²) in [6.45, 7) is 1.96. The molecular formula is C32H28F3N5O. The molecule has 1 amide bonds. The lowest BCUT2D eigenvalue weighted by atomic mass is 9.95. The minimum Gasteiger partial charge on any atom is -0.361 e. The summed E-state index contributed by atoms with van der Waals surface area (Å²) in [6.07, 6.45) is 7.46. The zero-order valence-corrected chi connectivity index (χ0v) is 22.2. The number of halogens is 3. The number of fused-ring (bicyclic) bond motifs is 1. The first-order chi connectivity index (χ1) is 19.9. The third-order valence-corrected chi connectivity index (χ3v) is 7.44. The molecule has 9 heteroatoms. The summed E-state index contributed by atoms with van der Waals surface area (Å²) in [5.74, 6) is -1.22. The fourth-order valence-corrected chi connectivity index (χ4v) is 5.51. The standard InChI is InChI=1S/C32H28F3N5O/c33-23-6-7-28-27(17-23)22(19-37-28)15-31(41)39-29(14-20-12-24(34)16-25(35)13-20)32-26(4-3-9-36-32)21-5-8-30(38-18-21)40-10-1-2-11-40/h3-9,12-13,16-19,29,37H,1-2,10-11,14-15H2,(H,39,41)/t29-/m0/s1. The van der Waals surface area contributed by atoms with Crippen LogP contribution in [0, 0.1) is 17.5 Å². The first-order valence-corrected chi connectivity index (χ1v) is 13.6. The lowest BCUT2D eigenvalue weighted by Crippen LogP contribution is -2.32. The van der Waals surface area contributed by atoms with Gasteiger partial charge in [-0.3, -0.25) is 9.78 Å². The van der Waals surface area contributed by atoms with Crippen LogP contribution >= 0.6 is 0 Å². The number of nitrogens with zero attached hydrogens (tertiary/aromatic N) is 3. The number of carbonyl (C=O) groups is 1. The van der Waals surface area contributed by atoms with E-state index in [9.17, 15) is 18.0 Å². The molecule has 5 aromatic rings. The molecule has 4 heterocycles. The Kier molecular flexibility index (Phi) is 7.41. The van der Waals surface area contributed by atoms with Crippen molar-refractivity contribution < 1.29 is 18.0 Å². The van der Waals surface area contributed by atoms with Gasteiger partial charge in [-0.25, -0.2) is 18.2 Å². The second-order valence-electron chi connectivity index (χ2n) is 10.3. The lowest BCUT2D eigenvalue weighted by Gasteiger charge is -2.22. The number of aromatic nitrogens is 3. The van der Waals surface area contributed by atoms with Gasteiger partial charge in [0, 0.05) is 59.8 Å². The number of pyridine rings is 2. The molecule has 1 aliphatic heterocycles. The largest absolute Gasteiger partial charge is 0.361 e. The Morgan fingerprint density at radius 2 is 1.76 bits per heavy atom. The van der Waals surface area contributed by atoms with Gasteiger partial charge in [0.2, 0.25) is 5.91 Å². The highest BCUT2D eigenvalue weighted by molar-refractivity contribution is 5.89. The Bertz CT molecular complexity index is 1680. The molecular weight excluding hydrogens is 527 g/mol. The van der Waals surface area contributed by atoms with Crippen molar-refractivity contribution in [3.63, 3.8) is 0 Å². The molecule has 2 N–H and O–H groups in total. The van der Waals surface area contributed by atoms with E-state index in [1.807, 2.05) is 18.2 Å². The maximum atomic E-state index is 14.1. The van der Waals surface area contributed by atoms with Crippen molar-refractivity contribution in [2.75, 3.05) is 18.0 Å². The molecule has 1 saturated heterocycles. The molecule has 1 fully saturated rings. The SMILES string of the molecule is O=C(Cc1c[nH]c2ccc(F)cc12)N[C@@H](Cc1cc(F)cc(F)c1)c1ncccc1-c1ccc(N2CCCC2)nc1. The van der Waals surface area contributed by atoms with Gasteiger partial charge < -0.3 is 15.2 Å². The number of hydrogen-bond donors (Lipinski definition) is 2. The van der Waals surface area contributed by atoms with E-state index in [4.69, 9.17) is 0 Å². The summed E-state index contributed by atoms with van der Waals surface area (Å²) in [7, 11) is 0. The zero-order valence-electron chi connectivity index (χ0n) is 22.2. The van der Waals surface area contributed by atoms with E-state index in [-0.39, 0.29) is 18.7 Å². The number of anilines is 1. The van der Waals surface area contributed by atoms with Gasteiger partial charge in [0.15, 0.2) is 0 Å². The maximum Gasteiger partial charge on any atom is 0.225 e. The summed E-state index contributed by atoms with van der Waals surface area (Å²) < 4.78 is 42.1. The molecule has 0 aliphatic carbocycles. The van der Waals surface area contributed by atoms with Crippen LogP contribution in [0.5, 0.6) is 0 Å². The van der Waals surface area contributed by atoms with Crippen LogP contribution in [-0.2, 0) is 17.6 Å². The van der Waals surface area contributed by atoms with Crippen LogP contribution in [0.4, 0.5) is 19.0 Å². The number of carbonyl (C=O) groups excluding carboxylic acids is 1. The second kappa shape index (κ2) is 11.4. The summed E-state index contributed by atoms with van der Waals surface area (Å²) in [6, 6.07) is 14.6. The molecule has 6 rings (SSSR count). The van der Waals surface area contributed by atoms with E-state index in [0.29, 0.717) is 22.2 Å². The van der Waals surface area contributed by atoms with E-state index in [1.165, 1.54) is 24.3 Å². The van der Waals surface area contributed by atoms with Crippen molar-refractivity contribution in [1.29, 1.82) is 0 Å². The van der Waals surface area contributed by atoms with E-state index < -0.39 is 23.5 Å². The molecule has 1 aliphatic rings. The van der Waals surface area contributed by atoms with Crippen LogP contribution in [0.3, 0.4) is 0 Å². The Morgan fingerprint density at radius 3 is 2.51 bits per heavy atom.